The number of carbonyl (C=O) groups is 6. The number of alkyl carbamates (subject to hydrolysis) is 1. The molecule has 0 bridgehead atoms. The fourth-order valence-corrected chi connectivity index (χ4v) is 4.31. The summed E-state index contributed by atoms with van der Waals surface area (Å²) in [6, 6.07) is -3.42. The van der Waals surface area contributed by atoms with Gasteiger partial charge in [0, 0.05) is 13.0 Å². The van der Waals surface area contributed by atoms with E-state index in [4.69, 9.17) is 14.6 Å². The number of carboxylic acid groups (broad SMARTS) is 1. The van der Waals surface area contributed by atoms with Crippen molar-refractivity contribution in [1.82, 2.24) is 20.9 Å². The zero-order valence-corrected chi connectivity index (χ0v) is 26.1. The zero-order valence-electron chi connectivity index (χ0n) is 26.1. The smallest absolute Gasteiger partial charge is 0.407 e. The van der Waals surface area contributed by atoms with E-state index in [2.05, 4.69) is 17.2 Å². The van der Waals surface area contributed by atoms with Crippen molar-refractivity contribution in [2.24, 2.45) is 11.3 Å². The van der Waals surface area contributed by atoms with E-state index >= 15 is 0 Å². The van der Waals surface area contributed by atoms with Crippen LogP contribution in [-0.2, 0) is 33.4 Å². The van der Waals surface area contributed by atoms with Crippen LogP contribution < -0.4 is 16.0 Å². The molecule has 0 aromatic carbocycles. The Kier molecular flexibility index (Phi) is 13.6. The molecule has 1 unspecified atom stereocenters. The molecule has 0 radical (unpaired) electrons. The highest BCUT2D eigenvalue weighted by Crippen LogP contribution is 2.29. The molecular formula is C29H48N4O9. The number of amides is 4. The minimum atomic E-state index is -1.33. The SMILES string of the molecule is C=CCCC(NC(=O)[C@@H]1C[C@@H](OC(C)(C)C)CN1C(=O)[C@@H](NC(=O)OCC(C)C)C(C)(C)C)C(=O)C(=O)NCC(=O)O. The lowest BCUT2D eigenvalue weighted by molar-refractivity contribution is -0.144. The van der Waals surface area contributed by atoms with Crippen LogP contribution in [0.5, 0.6) is 0 Å². The average Bonchev–Trinajstić information content (AvgIpc) is 3.27. The molecule has 0 aliphatic carbocycles. The molecule has 1 saturated heterocycles. The molecule has 13 nitrogen and oxygen atoms in total. The van der Waals surface area contributed by atoms with Crippen molar-refractivity contribution in [3.05, 3.63) is 12.7 Å². The van der Waals surface area contributed by atoms with Crippen LogP contribution in [-0.4, -0.2) is 95.1 Å². The summed E-state index contributed by atoms with van der Waals surface area (Å²) in [6.45, 7) is 17.7. The van der Waals surface area contributed by atoms with Crippen molar-refractivity contribution >= 4 is 35.6 Å². The number of hydrogen-bond donors (Lipinski definition) is 4. The largest absolute Gasteiger partial charge is 0.480 e. The molecular weight excluding hydrogens is 548 g/mol. The summed E-state index contributed by atoms with van der Waals surface area (Å²) < 4.78 is 11.3. The van der Waals surface area contributed by atoms with E-state index in [1.165, 1.54) is 11.0 Å². The molecule has 1 fully saturated rings. The molecule has 0 aromatic heterocycles. The van der Waals surface area contributed by atoms with Gasteiger partial charge in [0.2, 0.25) is 17.6 Å². The molecule has 4 N–H and O–H groups in total. The maximum Gasteiger partial charge on any atom is 0.407 e. The summed E-state index contributed by atoms with van der Waals surface area (Å²) in [4.78, 5) is 77.4. The lowest BCUT2D eigenvalue weighted by Gasteiger charge is -2.35. The maximum atomic E-state index is 14.0. The number of nitrogens with zero attached hydrogens (tertiary/aromatic N) is 1. The van der Waals surface area contributed by atoms with E-state index < -0.39 is 77.4 Å². The monoisotopic (exact) mass is 596 g/mol. The standard InChI is InChI=1S/C29H48N4O9/c1-10-11-12-19(22(36)25(38)30-14-21(34)35)31-24(37)20-13-18(42-29(7,8)9)15-33(20)26(39)23(28(4,5)6)32-27(40)41-16-17(2)3/h10,17-20,23H,1,11-16H2,2-9H3,(H,30,38)(H,31,37)(H,32,40)(H,34,35)/t18-,19?,20+,23-/m1/s1. The Balaban J connectivity index is 3.30. The number of rotatable bonds is 14. The summed E-state index contributed by atoms with van der Waals surface area (Å²) in [7, 11) is 0. The third-order valence-corrected chi connectivity index (χ3v) is 6.21. The lowest BCUT2D eigenvalue weighted by atomic mass is 9.85. The van der Waals surface area contributed by atoms with Gasteiger partial charge in [0.05, 0.1) is 24.4 Å². The van der Waals surface area contributed by atoms with E-state index in [-0.39, 0.29) is 38.3 Å². The molecule has 0 aromatic rings. The first-order valence-corrected chi connectivity index (χ1v) is 14.1. The van der Waals surface area contributed by atoms with Crippen LogP contribution in [0.4, 0.5) is 4.79 Å². The van der Waals surface area contributed by atoms with Crippen molar-refractivity contribution in [2.45, 2.75) is 104 Å². The van der Waals surface area contributed by atoms with E-state index in [1.807, 2.05) is 39.9 Å². The maximum absolute atomic E-state index is 14.0. The number of hydrogen-bond acceptors (Lipinski definition) is 8. The fourth-order valence-electron chi connectivity index (χ4n) is 4.31. The van der Waals surface area contributed by atoms with Crippen LogP contribution in [0, 0.1) is 11.3 Å². The Morgan fingerprint density at radius 1 is 1.05 bits per heavy atom. The molecule has 1 rings (SSSR count). The highest BCUT2D eigenvalue weighted by Gasteiger charge is 2.46. The number of allylic oxidation sites excluding steroid dienone is 1. The number of ether oxygens (including phenoxy) is 2. The van der Waals surface area contributed by atoms with Gasteiger partial charge in [0.1, 0.15) is 18.6 Å². The predicted octanol–water partition coefficient (Wildman–Crippen LogP) is 1.79. The molecule has 1 heterocycles. The fraction of sp³-hybridized carbons (Fsp3) is 0.724. The van der Waals surface area contributed by atoms with Crippen molar-refractivity contribution in [3.63, 3.8) is 0 Å². The predicted molar refractivity (Wildman–Crippen MR) is 154 cm³/mol. The van der Waals surface area contributed by atoms with Crippen LogP contribution in [0.2, 0.25) is 0 Å². The van der Waals surface area contributed by atoms with E-state index in [0.29, 0.717) is 0 Å². The summed E-state index contributed by atoms with van der Waals surface area (Å²) >= 11 is 0. The number of carbonyl (C=O) groups excluding carboxylic acids is 5. The number of aliphatic carboxylic acids is 1. The minimum absolute atomic E-state index is 0.0328. The van der Waals surface area contributed by atoms with Gasteiger partial charge in [-0.25, -0.2) is 4.79 Å². The molecule has 0 saturated carbocycles. The van der Waals surface area contributed by atoms with Gasteiger partial charge in [-0.2, -0.15) is 0 Å². The second-order valence-corrected chi connectivity index (χ2v) is 12.9. The number of nitrogens with one attached hydrogen (secondary N) is 3. The molecule has 1 aliphatic rings. The van der Waals surface area contributed by atoms with Gasteiger partial charge in [-0.15, -0.1) is 6.58 Å². The van der Waals surface area contributed by atoms with E-state index in [9.17, 15) is 28.8 Å². The normalized spacial score (nSPS) is 18.5. The molecule has 4 atom stereocenters. The van der Waals surface area contributed by atoms with Crippen LogP contribution in [0.1, 0.15) is 74.7 Å². The van der Waals surface area contributed by atoms with Gasteiger partial charge < -0.3 is 35.4 Å². The van der Waals surface area contributed by atoms with Crippen molar-refractivity contribution in [1.29, 1.82) is 0 Å². The van der Waals surface area contributed by atoms with Crippen LogP contribution >= 0.6 is 0 Å². The van der Waals surface area contributed by atoms with Crippen molar-refractivity contribution < 1.29 is 43.3 Å². The van der Waals surface area contributed by atoms with E-state index in [1.54, 1.807) is 20.8 Å². The Morgan fingerprint density at radius 2 is 1.67 bits per heavy atom. The van der Waals surface area contributed by atoms with Gasteiger partial charge in [-0.05, 0) is 44.9 Å². The highest BCUT2D eigenvalue weighted by atomic mass is 16.5. The van der Waals surface area contributed by atoms with Gasteiger partial charge in [0.15, 0.2) is 0 Å². The first-order valence-electron chi connectivity index (χ1n) is 14.1. The Morgan fingerprint density at radius 3 is 2.17 bits per heavy atom. The van der Waals surface area contributed by atoms with Crippen LogP contribution in [0.25, 0.3) is 0 Å². The second kappa shape index (κ2) is 15.7. The first kappa shape index (κ1) is 36.5. The molecule has 13 heteroatoms. The molecule has 42 heavy (non-hydrogen) atoms. The molecule has 0 spiro atoms. The molecule has 1 aliphatic heterocycles. The third kappa shape index (κ3) is 12.2. The van der Waals surface area contributed by atoms with Gasteiger partial charge >= 0.3 is 12.1 Å². The lowest BCUT2D eigenvalue weighted by Crippen LogP contribution is -2.59. The highest BCUT2D eigenvalue weighted by molar-refractivity contribution is 6.38. The Bertz CT molecular complexity index is 1010. The van der Waals surface area contributed by atoms with Gasteiger partial charge in [-0.3, -0.25) is 24.0 Å². The Labute approximate surface area is 248 Å². The quantitative estimate of drug-likeness (QED) is 0.172. The van der Waals surface area contributed by atoms with Gasteiger partial charge in [0.25, 0.3) is 5.91 Å². The first-order chi connectivity index (χ1) is 19.3. The van der Waals surface area contributed by atoms with Crippen molar-refractivity contribution in [3.8, 4) is 0 Å². The Hall–Kier alpha value is -3.48. The zero-order chi connectivity index (χ0) is 32.4. The summed E-state index contributed by atoms with van der Waals surface area (Å²) in [5.41, 5.74) is -1.35. The van der Waals surface area contributed by atoms with E-state index in [0.717, 1.165) is 0 Å². The van der Waals surface area contributed by atoms with Crippen molar-refractivity contribution in [2.75, 3.05) is 19.7 Å². The summed E-state index contributed by atoms with van der Waals surface area (Å²) in [6.07, 6.45) is 0.641. The van der Waals surface area contributed by atoms with Gasteiger partial charge in [-0.1, -0.05) is 40.7 Å². The molecule has 4 amide bonds. The third-order valence-electron chi connectivity index (χ3n) is 6.21. The van der Waals surface area contributed by atoms with Crippen LogP contribution in [0.3, 0.4) is 0 Å². The van der Waals surface area contributed by atoms with Crippen LogP contribution in [0.15, 0.2) is 12.7 Å². The summed E-state index contributed by atoms with van der Waals surface area (Å²) in [5.74, 6) is -4.64. The second-order valence-electron chi connectivity index (χ2n) is 12.9. The number of ketones is 1. The topological polar surface area (TPSA) is 180 Å². The average molecular weight is 597 g/mol. The number of likely N-dealkylation sites (tertiary alicyclic amines) is 1. The molecule has 238 valence electrons. The number of Topliss-reactive ketones (excluding diaryl/α,β-unsaturated/α-hetero) is 1. The number of carboxylic acids is 1. The summed E-state index contributed by atoms with van der Waals surface area (Å²) in [5, 5.41) is 16.0. The minimum Gasteiger partial charge on any atom is -0.480 e.